The maximum atomic E-state index is 12.4. The predicted octanol–water partition coefficient (Wildman–Crippen LogP) is 0.901. The molecule has 1 atom stereocenters. The van der Waals surface area contributed by atoms with Crippen LogP contribution in [-0.4, -0.2) is 23.8 Å². The standard InChI is InChI=1S/C8H10FNO2/c1-12-8(5-11)7-3-2-6(9)4-10-7/h2-4,8,11H,5H2,1H3. The zero-order valence-electron chi connectivity index (χ0n) is 6.70. The fourth-order valence-corrected chi connectivity index (χ4v) is 0.867. The molecule has 4 heteroatoms. The molecule has 0 amide bonds. The minimum absolute atomic E-state index is 0.158. The minimum atomic E-state index is -0.467. The van der Waals surface area contributed by atoms with Gasteiger partial charge >= 0.3 is 0 Å². The lowest BCUT2D eigenvalue weighted by atomic mass is 10.2. The second-order valence-electron chi connectivity index (χ2n) is 2.31. The van der Waals surface area contributed by atoms with Crippen molar-refractivity contribution in [2.45, 2.75) is 6.10 Å². The van der Waals surface area contributed by atoms with Crippen molar-refractivity contribution in [3.63, 3.8) is 0 Å². The molecule has 1 aromatic heterocycles. The summed E-state index contributed by atoms with van der Waals surface area (Å²) in [6.07, 6.45) is 0.627. The first-order chi connectivity index (χ1) is 5.77. The minimum Gasteiger partial charge on any atom is -0.393 e. The molecule has 0 aliphatic carbocycles. The van der Waals surface area contributed by atoms with Crippen LogP contribution < -0.4 is 0 Å². The largest absolute Gasteiger partial charge is 0.393 e. The Morgan fingerprint density at radius 2 is 2.42 bits per heavy atom. The molecule has 0 bridgehead atoms. The van der Waals surface area contributed by atoms with Crippen LogP contribution in [0.2, 0.25) is 0 Å². The summed E-state index contributed by atoms with van der Waals surface area (Å²) >= 11 is 0. The Hall–Kier alpha value is -1.00. The van der Waals surface area contributed by atoms with Crippen LogP contribution in [0.25, 0.3) is 0 Å². The van der Waals surface area contributed by atoms with Gasteiger partial charge in [-0.3, -0.25) is 4.98 Å². The van der Waals surface area contributed by atoms with Crippen molar-refractivity contribution in [2.24, 2.45) is 0 Å². The monoisotopic (exact) mass is 171 g/mol. The molecule has 12 heavy (non-hydrogen) atoms. The van der Waals surface area contributed by atoms with E-state index in [1.165, 1.54) is 19.2 Å². The fourth-order valence-electron chi connectivity index (χ4n) is 0.867. The molecule has 1 N–H and O–H groups in total. The number of aliphatic hydroxyl groups excluding tert-OH is 1. The third-order valence-corrected chi connectivity index (χ3v) is 1.53. The van der Waals surface area contributed by atoms with Crippen LogP contribution in [0.15, 0.2) is 18.3 Å². The van der Waals surface area contributed by atoms with E-state index in [-0.39, 0.29) is 6.61 Å². The van der Waals surface area contributed by atoms with Crippen molar-refractivity contribution < 1.29 is 14.2 Å². The van der Waals surface area contributed by atoms with Crippen molar-refractivity contribution in [1.82, 2.24) is 4.98 Å². The number of hydrogen-bond donors (Lipinski definition) is 1. The van der Waals surface area contributed by atoms with Crippen LogP contribution in [0.1, 0.15) is 11.8 Å². The average molecular weight is 171 g/mol. The van der Waals surface area contributed by atoms with E-state index in [0.717, 1.165) is 6.20 Å². The molecule has 1 aromatic rings. The lowest BCUT2D eigenvalue weighted by molar-refractivity contribution is 0.0454. The van der Waals surface area contributed by atoms with Gasteiger partial charge in [0.2, 0.25) is 0 Å². The van der Waals surface area contributed by atoms with E-state index in [4.69, 9.17) is 9.84 Å². The van der Waals surface area contributed by atoms with E-state index >= 15 is 0 Å². The van der Waals surface area contributed by atoms with Crippen LogP contribution in [-0.2, 0) is 4.74 Å². The fraction of sp³-hybridized carbons (Fsp3) is 0.375. The number of hydrogen-bond acceptors (Lipinski definition) is 3. The molecule has 0 aliphatic rings. The normalized spacial score (nSPS) is 12.9. The van der Waals surface area contributed by atoms with E-state index in [2.05, 4.69) is 4.98 Å². The summed E-state index contributed by atoms with van der Waals surface area (Å²) in [4.78, 5) is 3.76. The highest BCUT2D eigenvalue weighted by atomic mass is 19.1. The third kappa shape index (κ3) is 1.99. The molecule has 0 saturated heterocycles. The Balaban J connectivity index is 2.80. The second kappa shape index (κ2) is 4.13. The predicted molar refractivity (Wildman–Crippen MR) is 41.0 cm³/mol. The molecule has 0 fully saturated rings. The summed E-state index contributed by atoms with van der Waals surface area (Å²) in [5.41, 5.74) is 0.529. The summed E-state index contributed by atoms with van der Waals surface area (Å²) in [6.45, 7) is -0.158. The highest BCUT2D eigenvalue weighted by Crippen LogP contribution is 2.12. The quantitative estimate of drug-likeness (QED) is 0.734. The maximum Gasteiger partial charge on any atom is 0.141 e. The first-order valence-corrected chi connectivity index (χ1v) is 3.53. The highest BCUT2D eigenvalue weighted by Gasteiger charge is 2.09. The summed E-state index contributed by atoms with van der Waals surface area (Å²) in [5, 5.41) is 8.79. The van der Waals surface area contributed by atoms with Gasteiger partial charge in [-0.2, -0.15) is 0 Å². The molecular formula is C8H10FNO2. The van der Waals surface area contributed by atoms with Crippen LogP contribution >= 0.6 is 0 Å². The molecule has 0 aliphatic heterocycles. The highest BCUT2D eigenvalue weighted by molar-refractivity contribution is 5.08. The maximum absolute atomic E-state index is 12.4. The molecule has 0 spiro atoms. The Kier molecular flexibility index (Phi) is 3.13. The van der Waals surface area contributed by atoms with Crippen molar-refractivity contribution in [1.29, 1.82) is 0 Å². The third-order valence-electron chi connectivity index (χ3n) is 1.53. The van der Waals surface area contributed by atoms with E-state index in [0.29, 0.717) is 5.69 Å². The summed E-state index contributed by atoms with van der Waals surface area (Å²) < 4.78 is 17.3. The molecule has 0 radical (unpaired) electrons. The number of aliphatic hydroxyl groups is 1. The van der Waals surface area contributed by atoms with Gasteiger partial charge in [-0.15, -0.1) is 0 Å². The van der Waals surface area contributed by atoms with Gasteiger partial charge in [0.25, 0.3) is 0 Å². The van der Waals surface area contributed by atoms with Crippen LogP contribution in [0, 0.1) is 5.82 Å². The molecule has 0 aromatic carbocycles. The number of aromatic nitrogens is 1. The summed E-state index contributed by atoms with van der Waals surface area (Å²) in [5.74, 6) is -0.397. The zero-order valence-corrected chi connectivity index (χ0v) is 6.70. The second-order valence-corrected chi connectivity index (χ2v) is 2.31. The molecule has 3 nitrogen and oxygen atoms in total. The topological polar surface area (TPSA) is 42.4 Å². The first-order valence-electron chi connectivity index (χ1n) is 3.53. The number of pyridine rings is 1. The Bertz CT molecular complexity index is 233. The SMILES string of the molecule is COC(CO)c1ccc(F)cn1. The van der Waals surface area contributed by atoms with E-state index in [1.54, 1.807) is 0 Å². The lowest BCUT2D eigenvalue weighted by Crippen LogP contribution is -2.08. The van der Waals surface area contributed by atoms with Gasteiger partial charge in [-0.05, 0) is 12.1 Å². The van der Waals surface area contributed by atoms with Gasteiger partial charge in [-0.1, -0.05) is 0 Å². The molecule has 0 saturated carbocycles. The Morgan fingerprint density at radius 3 is 2.83 bits per heavy atom. The van der Waals surface area contributed by atoms with E-state index < -0.39 is 11.9 Å². The number of halogens is 1. The van der Waals surface area contributed by atoms with Gasteiger partial charge in [0.05, 0.1) is 18.5 Å². The van der Waals surface area contributed by atoms with Gasteiger partial charge in [0.1, 0.15) is 11.9 Å². The van der Waals surface area contributed by atoms with Gasteiger partial charge in [0, 0.05) is 7.11 Å². The van der Waals surface area contributed by atoms with Crippen LogP contribution in [0.4, 0.5) is 4.39 Å². The molecule has 1 heterocycles. The summed E-state index contributed by atoms with van der Waals surface area (Å²) in [6, 6.07) is 2.77. The first kappa shape index (κ1) is 9.09. The van der Waals surface area contributed by atoms with Gasteiger partial charge < -0.3 is 9.84 Å². The molecule has 1 unspecified atom stereocenters. The van der Waals surface area contributed by atoms with Gasteiger partial charge in [0.15, 0.2) is 0 Å². The van der Waals surface area contributed by atoms with Crippen LogP contribution in [0.5, 0.6) is 0 Å². The van der Waals surface area contributed by atoms with Crippen molar-refractivity contribution >= 4 is 0 Å². The number of rotatable bonds is 3. The van der Waals surface area contributed by atoms with Gasteiger partial charge in [-0.25, -0.2) is 4.39 Å². The molecular weight excluding hydrogens is 161 g/mol. The van der Waals surface area contributed by atoms with Crippen LogP contribution in [0.3, 0.4) is 0 Å². The molecule has 1 rings (SSSR count). The Morgan fingerprint density at radius 1 is 1.67 bits per heavy atom. The number of ether oxygens (including phenoxy) is 1. The van der Waals surface area contributed by atoms with E-state index in [1.807, 2.05) is 0 Å². The lowest BCUT2D eigenvalue weighted by Gasteiger charge is -2.10. The van der Waals surface area contributed by atoms with E-state index in [9.17, 15) is 4.39 Å². The summed E-state index contributed by atoms with van der Waals surface area (Å²) in [7, 11) is 1.46. The van der Waals surface area contributed by atoms with Crippen molar-refractivity contribution in [3.05, 3.63) is 29.8 Å². The molecule has 66 valence electrons. The zero-order chi connectivity index (χ0) is 8.97. The Labute approximate surface area is 69.8 Å². The van der Waals surface area contributed by atoms with Crippen molar-refractivity contribution in [2.75, 3.05) is 13.7 Å². The number of nitrogens with zero attached hydrogens (tertiary/aromatic N) is 1. The number of methoxy groups -OCH3 is 1. The smallest absolute Gasteiger partial charge is 0.141 e. The average Bonchev–Trinajstić information content (AvgIpc) is 2.10. The van der Waals surface area contributed by atoms with Crippen molar-refractivity contribution in [3.8, 4) is 0 Å².